The van der Waals surface area contributed by atoms with Crippen LogP contribution in [0.25, 0.3) is 0 Å². The largest absolute Gasteiger partial charge is 0.481 e. The van der Waals surface area contributed by atoms with Crippen molar-refractivity contribution in [2.75, 3.05) is 5.01 Å². The minimum Gasteiger partial charge on any atom is -0.481 e. The molecule has 0 aliphatic carbocycles. The van der Waals surface area contributed by atoms with Gasteiger partial charge in [-0.25, -0.2) is 5.84 Å². The molecule has 0 bridgehead atoms. The number of nitrogens with two attached hydrogens (primary N) is 1. The normalized spacial score (nSPS) is 9.60. The van der Waals surface area contributed by atoms with E-state index >= 15 is 0 Å². The van der Waals surface area contributed by atoms with Gasteiger partial charge in [-0.15, -0.1) is 0 Å². The first-order valence-electron chi connectivity index (χ1n) is 6.40. The average molecular weight is 272 g/mol. The number of carboxylic acid groups (broad SMARTS) is 1. The highest BCUT2D eigenvalue weighted by Gasteiger charge is 2.01. The van der Waals surface area contributed by atoms with Crippen molar-refractivity contribution >= 4 is 17.3 Å². The monoisotopic (exact) mass is 272 g/mol. The van der Waals surface area contributed by atoms with E-state index in [9.17, 15) is 4.79 Å². The van der Waals surface area contributed by atoms with Gasteiger partial charge in [0.25, 0.3) is 0 Å². The topological polar surface area (TPSA) is 66.6 Å². The van der Waals surface area contributed by atoms with Crippen molar-refractivity contribution in [2.45, 2.75) is 13.8 Å². The van der Waals surface area contributed by atoms with E-state index in [4.69, 9.17) is 10.9 Å². The smallest absolute Gasteiger partial charge is 0.305 e. The first kappa shape index (κ1) is 15.7. The molecule has 0 amide bonds. The van der Waals surface area contributed by atoms with Crippen LogP contribution in [0.5, 0.6) is 0 Å². The third kappa shape index (κ3) is 5.12. The Bertz CT molecular complexity index is 473. The molecule has 0 aliphatic rings. The number of carboxylic acids is 1. The van der Waals surface area contributed by atoms with Crippen LogP contribution in [0, 0.1) is 5.92 Å². The molecule has 0 unspecified atom stereocenters. The predicted octanol–water partition coefficient (Wildman–Crippen LogP) is 3.43. The van der Waals surface area contributed by atoms with Crippen LogP contribution in [-0.2, 0) is 4.79 Å². The van der Waals surface area contributed by atoms with E-state index in [1.54, 1.807) is 18.9 Å². The number of hydrazine groups is 1. The van der Waals surface area contributed by atoms with Crippen LogP contribution < -0.4 is 10.9 Å². The van der Waals surface area contributed by atoms with Crippen LogP contribution in [0.3, 0.4) is 0 Å². The Balaban J connectivity index is 0.000000286. The summed E-state index contributed by atoms with van der Waals surface area (Å²) in [6.07, 6.45) is 0. The Morgan fingerprint density at radius 3 is 1.50 bits per heavy atom. The van der Waals surface area contributed by atoms with Crippen molar-refractivity contribution < 1.29 is 9.90 Å². The van der Waals surface area contributed by atoms with E-state index < -0.39 is 5.97 Å². The van der Waals surface area contributed by atoms with Crippen LogP contribution >= 0.6 is 0 Å². The van der Waals surface area contributed by atoms with Crippen molar-refractivity contribution in [2.24, 2.45) is 11.8 Å². The van der Waals surface area contributed by atoms with Crippen LogP contribution in [-0.4, -0.2) is 11.1 Å². The lowest BCUT2D eigenvalue weighted by Crippen LogP contribution is -2.24. The zero-order chi connectivity index (χ0) is 15.0. The lowest BCUT2D eigenvalue weighted by Gasteiger charge is -2.18. The molecule has 20 heavy (non-hydrogen) atoms. The summed E-state index contributed by atoms with van der Waals surface area (Å²) in [5.74, 6) is 4.98. The van der Waals surface area contributed by atoms with Gasteiger partial charge in [-0.05, 0) is 24.3 Å². The molecule has 3 N–H and O–H groups in total. The molecular formula is C16H20N2O2. The van der Waals surface area contributed by atoms with Gasteiger partial charge in [0.05, 0.1) is 17.3 Å². The van der Waals surface area contributed by atoms with Gasteiger partial charge >= 0.3 is 5.97 Å². The van der Waals surface area contributed by atoms with Crippen LogP contribution in [0.2, 0.25) is 0 Å². The molecule has 0 aromatic heterocycles. The summed E-state index contributed by atoms with van der Waals surface area (Å²) in [5, 5.41) is 9.66. The molecule has 0 fully saturated rings. The number of hydrogen-bond acceptors (Lipinski definition) is 3. The van der Waals surface area contributed by atoms with Gasteiger partial charge in [0.2, 0.25) is 0 Å². The summed E-state index contributed by atoms with van der Waals surface area (Å²) in [6.45, 7) is 3.28. The number of carbonyl (C=O) groups is 1. The summed E-state index contributed by atoms with van der Waals surface area (Å²) in [5.41, 5.74) is 1.97. The standard InChI is InChI=1S/C12H12N2.C4H8O2/c13-14(11-7-3-1-4-8-11)12-9-5-2-6-10-12;1-3(2)4(5)6/h1-10H,13H2;3H,1-2H3,(H,5,6). The van der Waals surface area contributed by atoms with Gasteiger partial charge in [-0.3, -0.25) is 9.80 Å². The lowest BCUT2D eigenvalue weighted by atomic mass is 10.2. The van der Waals surface area contributed by atoms with Gasteiger partial charge in [0.15, 0.2) is 0 Å². The maximum absolute atomic E-state index is 9.70. The van der Waals surface area contributed by atoms with E-state index in [2.05, 4.69) is 0 Å². The van der Waals surface area contributed by atoms with E-state index in [-0.39, 0.29) is 5.92 Å². The average Bonchev–Trinajstić information content (AvgIpc) is 2.49. The number of anilines is 2. The maximum atomic E-state index is 9.70. The molecular weight excluding hydrogens is 252 g/mol. The third-order valence-corrected chi connectivity index (χ3v) is 2.56. The zero-order valence-electron chi connectivity index (χ0n) is 11.7. The van der Waals surface area contributed by atoms with E-state index in [1.165, 1.54) is 0 Å². The number of hydrogen-bond donors (Lipinski definition) is 2. The van der Waals surface area contributed by atoms with Crippen molar-refractivity contribution in [3.05, 3.63) is 60.7 Å². The molecule has 0 saturated carbocycles. The first-order chi connectivity index (χ1) is 9.52. The SMILES string of the molecule is CC(C)C(=O)O.NN(c1ccccc1)c1ccccc1. The quantitative estimate of drug-likeness (QED) is 0.663. The number of para-hydroxylation sites is 2. The fraction of sp³-hybridized carbons (Fsp3) is 0.188. The minimum atomic E-state index is -0.741. The molecule has 0 saturated heterocycles. The molecule has 0 heterocycles. The fourth-order valence-corrected chi connectivity index (χ4v) is 1.33. The molecule has 2 aromatic carbocycles. The summed E-state index contributed by atoms with van der Waals surface area (Å²) in [6, 6.07) is 19.7. The van der Waals surface area contributed by atoms with Gasteiger partial charge in [-0.2, -0.15) is 0 Å². The Kier molecular flexibility index (Phi) is 6.26. The molecule has 0 radical (unpaired) electrons. The molecule has 4 heteroatoms. The second-order valence-electron chi connectivity index (χ2n) is 4.53. The molecule has 2 rings (SSSR count). The summed E-state index contributed by atoms with van der Waals surface area (Å²) in [4.78, 5) is 9.70. The Labute approximate surface area is 119 Å². The number of rotatable bonds is 3. The number of benzene rings is 2. The zero-order valence-corrected chi connectivity index (χ0v) is 11.7. The van der Waals surface area contributed by atoms with Gasteiger partial charge < -0.3 is 5.11 Å². The lowest BCUT2D eigenvalue weighted by molar-refractivity contribution is -0.140. The fourth-order valence-electron chi connectivity index (χ4n) is 1.33. The molecule has 2 aromatic rings. The van der Waals surface area contributed by atoms with Crippen LogP contribution in [0.4, 0.5) is 11.4 Å². The number of nitrogens with zero attached hydrogens (tertiary/aromatic N) is 1. The van der Waals surface area contributed by atoms with Crippen molar-refractivity contribution in [3.63, 3.8) is 0 Å². The Morgan fingerprint density at radius 1 is 0.950 bits per heavy atom. The van der Waals surface area contributed by atoms with E-state index in [1.807, 2.05) is 60.7 Å². The molecule has 0 atom stereocenters. The molecule has 106 valence electrons. The third-order valence-electron chi connectivity index (χ3n) is 2.56. The van der Waals surface area contributed by atoms with Crippen LogP contribution in [0.1, 0.15) is 13.8 Å². The highest BCUT2D eigenvalue weighted by molar-refractivity contribution is 5.68. The first-order valence-corrected chi connectivity index (χ1v) is 6.40. The molecule has 4 nitrogen and oxygen atoms in total. The van der Waals surface area contributed by atoms with Crippen molar-refractivity contribution in [3.8, 4) is 0 Å². The Hall–Kier alpha value is -2.33. The maximum Gasteiger partial charge on any atom is 0.305 e. The molecule has 0 aliphatic heterocycles. The second-order valence-corrected chi connectivity index (χ2v) is 4.53. The summed E-state index contributed by atoms with van der Waals surface area (Å²) < 4.78 is 0. The van der Waals surface area contributed by atoms with Gasteiger partial charge in [-0.1, -0.05) is 50.2 Å². The highest BCUT2D eigenvalue weighted by atomic mass is 16.4. The van der Waals surface area contributed by atoms with Crippen molar-refractivity contribution in [1.82, 2.24) is 0 Å². The molecule has 0 spiro atoms. The number of aliphatic carboxylic acids is 1. The highest BCUT2D eigenvalue weighted by Crippen LogP contribution is 2.20. The van der Waals surface area contributed by atoms with Gasteiger partial charge in [0.1, 0.15) is 0 Å². The van der Waals surface area contributed by atoms with Crippen molar-refractivity contribution in [1.29, 1.82) is 0 Å². The minimum absolute atomic E-state index is 0.231. The summed E-state index contributed by atoms with van der Waals surface area (Å²) >= 11 is 0. The van der Waals surface area contributed by atoms with E-state index in [0.717, 1.165) is 11.4 Å². The summed E-state index contributed by atoms with van der Waals surface area (Å²) in [7, 11) is 0. The second kappa shape index (κ2) is 7.96. The Morgan fingerprint density at radius 2 is 1.25 bits per heavy atom. The van der Waals surface area contributed by atoms with Crippen LogP contribution in [0.15, 0.2) is 60.7 Å². The predicted molar refractivity (Wildman–Crippen MR) is 81.7 cm³/mol. The van der Waals surface area contributed by atoms with Gasteiger partial charge in [0, 0.05) is 0 Å². The van der Waals surface area contributed by atoms with E-state index in [0.29, 0.717) is 0 Å².